The van der Waals surface area contributed by atoms with Crippen LogP contribution in [0.1, 0.15) is 15.9 Å². The van der Waals surface area contributed by atoms with Crippen LogP contribution in [0, 0.1) is 12.7 Å². The fourth-order valence-electron chi connectivity index (χ4n) is 1.85. The predicted molar refractivity (Wildman–Crippen MR) is 81.9 cm³/mol. The van der Waals surface area contributed by atoms with E-state index in [1.54, 1.807) is 19.1 Å². The van der Waals surface area contributed by atoms with Gasteiger partial charge in [-0.15, -0.1) is 0 Å². The average Bonchev–Trinajstić information content (AvgIpc) is 2.43. The third kappa shape index (κ3) is 3.20. The molecule has 0 aliphatic heterocycles. The largest absolute Gasteiger partial charge is 0.366 e. The summed E-state index contributed by atoms with van der Waals surface area (Å²) < 4.78 is 40.1. The summed E-state index contributed by atoms with van der Waals surface area (Å²) in [7, 11) is -4.04. The molecule has 8 heteroatoms. The van der Waals surface area contributed by atoms with E-state index >= 15 is 0 Å². The van der Waals surface area contributed by atoms with Gasteiger partial charge >= 0.3 is 0 Å². The van der Waals surface area contributed by atoms with Crippen molar-refractivity contribution in [2.24, 2.45) is 5.73 Å². The Morgan fingerprint density at radius 1 is 1.27 bits per heavy atom. The highest BCUT2D eigenvalue weighted by atomic mass is 35.5. The molecule has 0 bridgehead atoms. The zero-order valence-corrected chi connectivity index (χ0v) is 13.0. The van der Waals surface area contributed by atoms with Gasteiger partial charge in [0.25, 0.3) is 15.9 Å². The van der Waals surface area contributed by atoms with Crippen LogP contribution in [0.5, 0.6) is 0 Å². The van der Waals surface area contributed by atoms with Gasteiger partial charge in [0, 0.05) is 0 Å². The number of carbonyl (C=O) groups excluding carboxylic acids is 1. The Morgan fingerprint density at radius 2 is 1.95 bits per heavy atom. The first-order valence-electron chi connectivity index (χ1n) is 6.09. The molecule has 0 radical (unpaired) electrons. The Labute approximate surface area is 131 Å². The predicted octanol–water partition coefficient (Wildman–Crippen LogP) is 2.69. The molecule has 0 spiro atoms. The van der Waals surface area contributed by atoms with Gasteiger partial charge in [-0.25, -0.2) is 12.8 Å². The molecule has 3 N–H and O–H groups in total. The monoisotopic (exact) mass is 342 g/mol. The molecule has 2 aromatic carbocycles. The summed E-state index contributed by atoms with van der Waals surface area (Å²) >= 11 is 5.59. The van der Waals surface area contributed by atoms with Gasteiger partial charge in [0.15, 0.2) is 0 Å². The Morgan fingerprint density at radius 3 is 2.55 bits per heavy atom. The van der Waals surface area contributed by atoms with Crippen LogP contribution in [0.15, 0.2) is 41.3 Å². The molecule has 116 valence electrons. The summed E-state index contributed by atoms with van der Waals surface area (Å²) in [5.41, 5.74) is 5.88. The van der Waals surface area contributed by atoms with Gasteiger partial charge in [-0.1, -0.05) is 23.7 Å². The van der Waals surface area contributed by atoms with Crippen LogP contribution in [0.2, 0.25) is 5.02 Å². The van der Waals surface area contributed by atoms with Crippen molar-refractivity contribution < 1.29 is 17.6 Å². The van der Waals surface area contributed by atoms with Crippen molar-refractivity contribution in [3.63, 3.8) is 0 Å². The molecular formula is C14H12ClFN2O3S. The summed E-state index contributed by atoms with van der Waals surface area (Å²) in [5, 5.41) is -0.317. The van der Waals surface area contributed by atoms with Gasteiger partial charge in [-0.3, -0.25) is 9.52 Å². The van der Waals surface area contributed by atoms with Crippen LogP contribution in [-0.4, -0.2) is 14.3 Å². The minimum atomic E-state index is -4.04. The number of hydrogen-bond donors (Lipinski definition) is 2. The van der Waals surface area contributed by atoms with E-state index in [-0.39, 0.29) is 21.2 Å². The van der Waals surface area contributed by atoms with Crippen molar-refractivity contribution in [2.45, 2.75) is 11.8 Å². The molecule has 0 unspecified atom stereocenters. The summed E-state index contributed by atoms with van der Waals surface area (Å²) in [4.78, 5) is 11.2. The minimum absolute atomic E-state index is 0.0387. The van der Waals surface area contributed by atoms with Crippen LogP contribution in [0.25, 0.3) is 0 Å². The highest BCUT2D eigenvalue weighted by Crippen LogP contribution is 2.25. The number of amides is 1. The Balaban J connectivity index is 2.50. The van der Waals surface area contributed by atoms with E-state index in [0.29, 0.717) is 5.56 Å². The Bertz CT molecular complexity index is 853. The molecule has 5 nitrogen and oxygen atoms in total. The van der Waals surface area contributed by atoms with Crippen molar-refractivity contribution in [2.75, 3.05) is 4.72 Å². The molecule has 0 fully saturated rings. The highest BCUT2D eigenvalue weighted by molar-refractivity contribution is 7.92. The molecule has 0 aliphatic carbocycles. The molecule has 2 rings (SSSR count). The second kappa shape index (κ2) is 5.94. The van der Waals surface area contributed by atoms with Gasteiger partial charge < -0.3 is 5.73 Å². The number of sulfonamides is 1. The quantitative estimate of drug-likeness (QED) is 0.895. The number of aryl methyl sites for hydroxylation is 1. The molecule has 1 amide bonds. The van der Waals surface area contributed by atoms with Gasteiger partial charge in [0.05, 0.1) is 21.2 Å². The van der Waals surface area contributed by atoms with Crippen molar-refractivity contribution >= 4 is 33.2 Å². The zero-order chi connectivity index (χ0) is 16.5. The van der Waals surface area contributed by atoms with Crippen LogP contribution in [0.3, 0.4) is 0 Å². The van der Waals surface area contributed by atoms with Gasteiger partial charge in [-0.05, 0) is 36.8 Å². The van der Waals surface area contributed by atoms with E-state index in [0.717, 1.165) is 18.2 Å². The number of anilines is 1. The molecule has 0 aromatic heterocycles. The van der Waals surface area contributed by atoms with E-state index < -0.39 is 21.7 Å². The summed E-state index contributed by atoms with van der Waals surface area (Å²) in [5.74, 6) is -1.49. The maximum absolute atomic E-state index is 13.1. The lowest BCUT2D eigenvalue weighted by atomic mass is 10.1. The fraction of sp³-hybridized carbons (Fsp3) is 0.0714. The van der Waals surface area contributed by atoms with Crippen LogP contribution >= 0.6 is 11.6 Å². The van der Waals surface area contributed by atoms with E-state index in [9.17, 15) is 17.6 Å². The Hall–Kier alpha value is -2.12. The number of nitrogens with two attached hydrogens (primary N) is 1. The van der Waals surface area contributed by atoms with Crippen LogP contribution in [-0.2, 0) is 10.0 Å². The smallest absolute Gasteiger partial charge is 0.261 e. The van der Waals surface area contributed by atoms with Gasteiger partial charge in [-0.2, -0.15) is 0 Å². The first kappa shape index (κ1) is 16.3. The maximum Gasteiger partial charge on any atom is 0.261 e. The lowest BCUT2D eigenvalue weighted by Crippen LogP contribution is -2.19. The van der Waals surface area contributed by atoms with Crippen molar-refractivity contribution in [1.82, 2.24) is 0 Å². The van der Waals surface area contributed by atoms with E-state index in [1.165, 1.54) is 6.07 Å². The molecule has 0 saturated heterocycles. The molecule has 0 atom stereocenters. The average molecular weight is 343 g/mol. The summed E-state index contributed by atoms with van der Waals surface area (Å²) in [6, 6.07) is 7.63. The third-order valence-corrected chi connectivity index (χ3v) is 4.61. The third-order valence-electron chi connectivity index (χ3n) is 2.98. The number of halogens is 2. The zero-order valence-electron chi connectivity index (χ0n) is 11.4. The van der Waals surface area contributed by atoms with E-state index in [2.05, 4.69) is 4.72 Å². The van der Waals surface area contributed by atoms with Crippen molar-refractivity contribution in [3.8, 4) is 0 Å². The normalized spacial score (nSPS) is 11.2. The number of nitrogens with one attached hydrogen (secondary N) is 1. The number of primary amides is 1. The second-order valence-corrected chi connectivity index (χ2v) is 6.63. The van der Waals surface area contributed by atoms with Crippen LogP contribution < -0.4 is 10.5 Å². The first-order chi connectivity index (χ1) is 10.2. The standard InChI is InChI=1S/C14H12ClFN2O3S/c1-8-3-2-4-10(14(17)19)13(8)18-22(20,21)9-5-6-12(16)11(15)7-9/h2-7,18H,1H3,(H2,17,19). The van der Waals surface area contributed by atoms with E-state index in [1.807, 2.05) is 0 Å². The minimum Gasteiger partial charge on any atom is -0.366 e. The van der Waals surface area contributed by atoms with Gasteiger partial charge in [0.2, 0.25) is 0 Å². The lowest BCUT2D eigenvalue weighted by Gasteiger charge is -2.13. The first-order valence-corrected chi connectivity index (χ1v) is 7.96. The number of hydrogen-bond acceptors (Lipinski definition) is 3. The van der Waals surface area contributed by atoms with Crippen LogP contribution in [0.4, 0.5) is 10.1 Å². The second-order valence-electron chi connectivity index (χ2n) is 4.54. The molecule has 0 saturated carbocycles. The number of benzene rings is 2. The Kier molecular flexibility index (Phi) is 4.39. The molecular weight excluding hydrogens is 331 g/mol. The number of carbonyl (C=O) groups is 1. The number of para-hydroxylation sites is 1. The molecule has 0 aliphatic rings. The van der Waals surface area contributed by atoms with Gasteiger partial charge in [0.1, 0.15) is 5.82 Å². The fourth-order valence-corrected chi connectivity index (χ4v) is 3.27. The topological polar surface area (TPSA) is 89.3 Å². The summed E-state index contributed by atoms with van der Waals surface area (Å²) in [6.07, 6.45) is 0. The molecule has 22 heavy (non-hydrogen) atoms. The SMILES string of the molecule is Cc1cccc(C(N)=O)c1NS(=O)(=O)c1ccc(F)c(Cl)c1. The highest BCUT2D eigenvalue weighted by Gasteiger charge is 2.20. The molecule has 2 aromatic rings. The van der Waals surface area contributed by atoms with Crippen molar-refractivity contribution in [3.05, 3.63) is 58.4 Å². The van der Waals surface area contributed by atoms with E-state index in [4.69, 9.17) is 17.3 Å². The molecule has 0 heterocycles. The van der Waals surface area contributed by atoms with Crippen molar-refractivity contribution in [1.29, 1.82) is 0 Å². The maximum atomic E-state index is 13.1. The number of rotatable bonds is 4. The summed E-state index contributed by atoms with van der Waals surface area (Å²) in [6.45, 7) is 1.63. The lowest BCUT2D eigenvalue weighted by molar-refractivity contribution is 0.100.